The van der Waals surface area contributed by atoms with Crippen LogP contribution in [0.2, 0.25) is 5.02 Å². The molecule has 0 radical (unpaired) electrons. The van der Waals surface area contributed by atoms with Gasteiger partial charge in [0.1, 0.15) is 29.0 Å². The first-order valence-electron chi connectivity index (χ1n) is 8.41. The zero-order valence-electron chi connectivity index (χ0n) is 15.4. The van der Waals surface area contributed by atoms with Crippen molar-refractivity contribution in [2.75, 3.05) is 24.9 Å². The molecule has 0 atom stereocenters. The molecule has 1 heterocycles. The number of aromatic nitrogens is 2. The molecule has 6 nitrogen and oxygen atoms in total. The van der Waals surface area contributed by atoms with Crippen LogP contribution in [0.25, 0.3) is 0 Å². The van der Waals surface area contributed by atoms with Gasteiger partial charge in [-0.1, -0.05) is 29.8 Å². The van der Waals surface area contributed by atoms with Gasteiger partial charge in [0, 0.05) is 23.7 Å². The average Bonchev–Trinajstić information content (AvgIpc) is 2.67. The molecule has 3 aromatic rings. The molecule has 0 saturated carbocycles. The summed E-state index contributed by atoms with van der Waals surface area (Å²) in [5.74, 6) is 3.41. The maximum absolute atomic E-state index is 6.21. The number of hydrogen-bond acceptors (Lipinski definition) is 6. The summed E-state index contributed by atoms with van der Waals surface area (Å²) in [4.78, 5) is 8.88. The summed E-state index contributed by atoms with van der Waals surface area (Å²) in [6.07, 6.45) is 0. The molecule has 27 heavy (non-hydrogen) atoms. The van der Waals surface area contributed by atoms with Crippen molar-refractivity contribution in [2.45, 2.75) is 13.5 Å². The normalized spacial score (nSPS) is 10.4. The van der Waals surface area contributed by atoms with Crippen molar-refractivity contribution in [3.05, 3.63) is 64.9 Å². The number of nitrogens with one attached hydrogen (secondary N) is 2. The second kappa shape index (κ2) is 8.60. The third-order valence-electron chi connectivity index (χ3n) is 3.93. The summed E-state index contributed by atoms with van der Waals surface area (Å²) in [5, 5.41) is 7.27. The van der Waals surface area contributed by atoms with Gasteiger partial charge in [-0.25, -0.2) is 9.97 Å². The first-order valence-corrected chi connectivity index (χ1v) is 8.79. The summed E-state index contributed by atoms with van der Waals surface area (Å²) in [6, 6.07) is 15.1. The molecule has 0 amide bonds. The lowest BCUT2D eigenvalue weighted by atomic mass is 10.2. The maximum Gasteiger partial charge on any atom is 0.142 e. The van der Waals surface area contributed by atoms with Crippen molar-refractivity contribution in [2.24, 2.45) is 0 Å². The van der Waals surface area contributed by atoms with Gasteiger partial charge in [-0.3, -0.25) is 0 Å². The van der Waals surface area contributed by atoms with Crippen LogP contribution in [0, 0.1) is 6.92 Å². The Morgan fingerprint density at radius 3 is 2.48 bits per heavy atom. The van der Waals surface area contributed by atoms with Crippen LogP contribution in [0.1, 0.15) is 11.4 Å². The van der Waals surface area contributed by atoms with Crippen LogP contribution in [0.15, 0.2) is 48.5 Å². The van der Waals surface area contributed by atoms with Crippen LogP contribution in [-0.4, -0.2) is 24.2 Å². The zero-order valence-corrected chi connectivity index (χ0v) is 16.2. The SMILES string of the molecule is COc1ccc(OC)c(Nc2cc(NCc3ccccc3Cl)nc(C)n2)c1. The Bertz CT molecular complexity index is 934. The van der Waals surface area contributed by atoms with Gasteiger partial charge < -0.3 is 20.1 Å². The highest BCUT2D eigenvalue weighted by Crippen LogP contribution is 2.31. The summed E-state index contributed by atoms with van der Waals surface area (Å²) in [6.45, 7) is 2.41. The van der Waals surface area contributed by atoms with Crippen LogP contribution in [0.3, 0.4) is 0 Å². The number of aryl methyl sites for hydroxylation is 1. The van der Waals surface area contributed by atoms with E-state index < -0.39 is 0 Å². The lowest BCUT2D eigenvalue weighted by molar-refractivity contribution is 0.405. The molecule has 2 N–H and O–H groups in total. The quantitative estimate of drug-likeness (QED) is 0.609. The summed E-state index contributed by atoms with van der Waals surface area (Å²) >= 11 is 6.21. The maximum atomic E-state index is 6.21. The van der Waals surface area contributed by atoms with Gasteiger partial charge in [-0.05, 0) is 30.7 Å². The van der Waals surface area contributed by atoms with E-state index in [1.165, 1.54) is 0 Å². The van der Waals surface area contributed by atoms with E-state index in [1.54, 1.807) is 14.2 Å². The first kappa shape index (κ1) is 18.8. The van der Waals surface area contributed by atoms with E-state index in [9.17, 15) is 0 Å². The predicted octanol–water partition coefficient (Wildman–Crippen LogP) is 4.81. The summed E-state index contributed by atoms with van der Waals surface area (Å²) < 4.78 is 10.7. The van der Waals surface area contributed by atoms with E-state index in [0.29, 0.717) is 29.8 Å². The molecule has 0 fully saturated rings. The number of ether oxygens (including phenoxy) is 2. The topological polar surface area (TPSA) is 68.3 Å². The van der Waals surface area contributed by atoms with Gasteiger partial charge in [0.05, 0.1) is 19.9 Å². The lowest BCUT2D eigenvalue weighted by Crippen LogP contribution is -2.06. The Morgan fingerprint density at radius 1 is 0.963 bits per heavy atom. The molecular formula is C20H21ClN4O2. The van der Waals surface area contributed by atoms with Crippen molar-refractivity contribution in [3.63, 3.8) is 0 Å². The van der Waals surface area contributed by atoms with Crippen molar-refractivity contribution >= 4 is 28.9 Å². The van der Waals surface area contributed by atoms with E-state index in [0.717, 1.165) is 22.0 Å². The number of benzene rings is 2. The third-order valence-corrected chi connectivity index (χ3v) is 4.29. The molecule has 1 aromatic heterocycles. The average molecular weight is 385 g/mol. The zero-order chi connectivity index (χ0) is 19.2. The highest BCUT2D eigenvalue weighted by Gasteiger charge is 2.09. The number of anilines is 3. The first-order chi connectivity index (χ1) is 13.1. The Balaban J connectivity index is 1.80. The van der Waals surface area contributed by atoms with Crippen LogP contribution < -0.4 is 20.1 Å². The fraction of sp³-hybridized carbons (Fsp3) is 0.200. The van der Waals surface area contributed by atoms with E-state index >= 15 is 0 Å². The molecule has 0 aliphatic carbocycles. The van der Waals surface area contributed by atoms with Gasteiger partial charge in [-0.15, -0.1) is 0 Å². The van der Waals surface area contributed by atoms with Crippen molar-refractivity contribution in [1.29, 1.82) is 0 Å². The Hall–Kier alpha value is -2.99. The second-order valence-electron chi connectivity index (χ2n) is 5.82. The van der Waals surface area contributed by atoms with Crippen molar-refractivity contribution in [3.8, 4) is 11.5 Å². The van der Waals surface area contributed by atoms with Crippen LogP contribution in [0.5, 0.6) is 11.5 Å². The second-order valence-corrected chi connectivity index (χ2v) is 6.23. The monoisotopic (exact) mass is 384 g/mol. The third kappa shape index (κ3) is 4.80. The molecule has 0 spiro atoms. The van der Waals surface area contributed by atoms with Crippen LogP contribution >= 0.6 is 11.6 Å². The Kier molecular flexibility index (Phi) is 5.98. The molecular weight excluding hydrogens is 364 g/mol. The predicted molar refractivity (Wildman–Crippen MR) is 108 cm³/mol. The van der Waals surface area contributed by atoms with E-state index in [1.807, 2.05) is 55.5 Å². The highest BCUT2D eigenvalue weighted by atomic mass is 35.5. The standard InChI is InChI=1S/C20H21ClN4O2/c1-13-23-19(22-12-14-6-4-5-7-16(14)21)11-20(24-13)25-17-10-15(26-2)8-9-18(17)27-3/h4-11H,12H2,1-3H3,(H2,22,23,24,25). The number of halogens is 1. The molecule has 3 rings (SSSR count). The smallest absolute Gasteiger partial charge is 0.142 e. The van der Waals surface area contributed by atoms with E-state index in [-0.39, 0.29) is 0 Å². The lowest BCUT2D eigenvalue weighted by Gasteiger charge is -2.14. The minimum Gasteiger partial charge on any atom is -0.497 e. The molecule has 2 aromatic carbocycles. The van der Waals surface area contributed by atoms with Crippen LogP contribution in [0.4, 0.5) is 17.3 Å². The summed E-state index contributed by atoms with van der Waals surface area (Å²) in [7, 11) is 3.24. The van der Waals surface area contributed by atoms with Gasteiger partial charge in [-0.2, -0.15) is 0 Å². The van der Waals surface area contributed by atoms with Gasteiger partial charge in [0.15, 0.2) is 0 Å². The summed E-state index contributed by atoms with van der Waals surface area (Å²) in [5.41, 5.74) is 1.76. The number of rotatable bonds is 7. The van der Waals surface area contributed by atoms with Gasteiger partial charge in [0.25, 0.3) is 0 Å². The van der Waals surface area contributed by atoms with E-state index in [4.69, 9.17) is 21.1 Å². The number of hydrogen-bond donors (Lipinski definition) is 2. The molecule has 0 aliphatic rings. The number of methoxy groups -OCH3 is 2. The largest absolute Gasteiger partial charge is 0.497 e. The minimum absolute atomic E-state index is 0.568. The molecule has 7 heteroatoms. The molecule has 0 saturated heterocycles. The fourth-order valence-corrected chi connectivity index (χ4v) is 2.80. The fourth-order valence-electron chi connectivity index (χ4n) is 2.60. The molecule has 140 valence electrons. The van der Waals surface area contributed by atoms with E-state index in [2.05, 4.69) is 20.6 Å². The van der Waals surface area contributed by atoms with Gasteiger partial charge >= 0.3 is 0 Å². The number of nitrogens with zero attached hydrogens (tertiary/aromatic N) is 2. The van der Waals surface area contributed by atoms with Crippen molar-refractivity contribution in [1.82, 2.24) is 9.97 Å². The van der Waals surface area contributed by atoms with Crippen molar-refractivity contribution < 1.29 is 9.47 Å². The molecule has 0 bridgehead atoms. The Labute approximate surface area is 163 Å². The highest BCUT2D eigenvalue weighted by molar-refractivity contribution is 6.31. The molecule has 0 aliphatic heterocycles. The van der Waals surface area contributed by atoms with Crippen LogP contribution in [-0.2, 0) is 6.54 Å². The Morgan fingerprint density at radius 2 is 1.74 bits per heavy atom. The minimum atomic E-state index is 0.568. The van der Waals surface area contributed by atoms with Gasteiger partial charge in [0.2, 0.25) is 0 Å². The molecule has 0 unspecified atom stereocenters.